The first-order valence-corrected chi connectivity index (χ1v) is 7.85. The Labute approximate surface area is 132 Å². The molecule has 0 atom stereocenters. The van der Waals surface area contributed by atoms with Gasteiger partial charge in [0, 0.05) is 12.2 Å². The zero-order valence-electron chi connectivity index (χ0n) is 12.7. The molecule has 2 aromatic carbocycles. The summed E-state index contributed by atoms with van der Waals surface area (Å²) < 4.78 is 5.58. The first-order chi connectivity index (χ1) is 10.2. The van der Waals surface area contributed by atoms with Crippen molar-refractivity contribution in [3.05, 3.63) is 58.6 Å². The number of anilines is 1. The van der Waals surface area contributed by atoms with Crippen LogP contribution in [0.1, 0.15) is 31.4 Å². The van der Waals surface area contributed by atoms with Gasteiger partial charge in [0.1, 0.15) is 5.75 Å². The predicted octanol–water partition coefficient (Wildman–Crippen LogP) is 5.30. The van der Waals surface area contributed by atoms with E-state index in [1.165, 1.54) is 11.1 Å². The van der Waals surface area contributed by atoms with Crippen LogP contribution in [-0.4, -0.2) is 6.61 Å². The molecule has 0 aromatic heterocycles. The molecule has 0 aliphatic carbocycles. The molecule has 0 fully saturated rings. The Bertz CT molecular complexity index is 583. The Morgan fingerprint density at radius 2 is 1.81 bits per heavy atom. The van der Waals surface area contributed by atoms with Crippen LogP contribution in [0.4, 0.5) is 5.69 Å². The molecule has 0 saturated carbocycles. The maximum atomic E-state index is 6.24. The van der Waals surface area contributed by atoms with Crippen molar-refractivity contribution in [3.8, 4) is 5.75 Å². The molecule has 112 valence electrons. The van der Waals surface area contributed by atoms with Gasteiger partial charge >= 0.3 is 0 Å². The highest BCUT2D eigenvalue weighted by atomic mass is 35.5. The highest BCUT2D eigenvalue weighted by Gasteiger charge is 2.04. The van der Waals surface area contributed by atoms with Gasteiger partial charge in [0.25, 0.3) is 0 Å². The number of hydrogen-bond donors (Lipinski definition) is 1. The van der Waals surface area contributed by atoms with Crippen LogP contribution in [0.3, 0.4) is 0 Å². The van der Waals surface area contributed by atoms with Gasteiger partial charge in [-0.2, -0.15) is 0 Å². The Morgan fingerprint density at radius 1 is 1.05 bits per heavy atom. The van der Waals surface area contributed by atoms with Crippen molar-refractivity contribution in [1.82, 2.24) is 0 Å². The number of benzene rings is 2. The van der Waals surface area contributed by atoms with Gasteiger partial charge in [0.05, 0.1) is 11.6 Å². The molecule has 1 N–H and O–H groups in total. The summed E-state index contributed by atoms with van der Waals surface area (Å²) in [5, 5.41) is 4.07. The second-order valence-corrected chi connectivity index (χ2v) is 5.38. The van der Waals surface area contributed by atoms with Gasteiger partial charge in [-0.1, -0.05) is 49.7 Å². The van der Waals surface area contributed by atoms with Crippen molar-refractivity contribution in [2.45, 2.75) is 33.2 Å². The van der Waals surface area contributed by atoms with E-state index in [0.29, 0.717) is 11.6 Å². The van der Waals surface area contributed by atoms with E-state index in [4.69, 9.17) is 16.3 Å². The summed E-state index contributed by atoms with van der Waals surface area (Å²) in [6, 6.07) is 14.3. The smallest absolute Gasteiger partial charge is 0.138 e. The molecule has 0 radical (unpaired) electrons. The first kappa shape index (κ1) is 15.7. The lowest BCUT2D eigenvalue weighted by Gasteiger charge is -2.12. The summed E-state index contributed by atoms with van der Waals surface area (Å²) in [5.74, 6) is 0.748. The maximum absolute atomic E-state index is 6.24. The van der Waals surface area contributed by atoms with Gasteiger partial charge < -0.3 is 10.1 Å². The molecule has 0 saturated heterocycles. The number of nitrogens with one attached hydrogen (secondary N) is 1. The number of halogens is 1. The first-order valence-electron chi connectivity index (χ1n) is 7.47. The maximum Gasteiger partial charge on any atom is 0.138 e. The third-order valence-electron chi connectivity index (χ3n) is 3.38. The van der Waals surface area contributed by atoms with Crippen LogP contribution in [-0.2, 0) is 13.0 Å². The summed E-state index contributed by atoms with van der Waals surface area (Å²) >= 11 is 6.24. The monoisotopic (exact) mass is 303 g/mol. The second-order valence-electron chi connectivity index (χ2n) is 4.97. The largest absolute Gasteiger partial charge is 0.492 e. The molecular weight excluding hydrogens is 282 g/mol. The summed E-state index contributed by atoms with van der Waals surface area (Å²) in [6.07, 6.45) is 2.02. The van der Waals surface area contributed by atoms with E-state index in [0.717, 1.165) is 30.8 Å². The third-order valence-corrected chi connectivity index (χ3v) is 3.67. The average Bonchev–Trinajstić information content (AvgIpc) is 2.52. The van der Waals surface area contributed by atoms with Crippen LogP contribution < -0.4 is 10.1 Å². The lowest BCUT2D eigenvalue weighted by molar-refractivity contribution is 0.317. The van der Waals surface area contributed by atoms with Crippen molar-refractivity contribution in [2.75, 3.05) is 11.9 Å². The summed E-state index contributed by atoms with van der Waals surface area (Å²) in [4.78, 5) is 0. The molecule has 2 nitrogen and oxygen atoms in total. The van der Waals surface area contributed by atoms with Crippen molar-refractivity contribution < 1.29 is 4.74 Å². The molecule has 3 heteroatoms. The van der Waals surface area contributed by atoms with E-state index >= 15 is 0 Å². The SMILES string of the molecule is CCCOc1ccc(NCc2ccccc2CC)cc1Cl. The Hall–Kier alpha value is -1.67. The van der Waals surface area contributed by atoms with E-state index in [1.807, 2.05) is 18.2 Å². The normalized spacial score (nSPS) is 10.4. The Morgan fingerprint density at radius 3 is 2.48 bits per heavy atom. The molecule has 0 aliphatic heterocycles. The van der Waals surface area contributed by atoms with Gasteiger partial charge in [-0.25, -0.2) is 0 Å². The predicted molar refractivity (Wildman–Crippen MR) is 90.4 cm³/mol. The van der Waals surface area contributed by atoms with Gasteiger partial charge in [-0.3, -0.25) is 0 Å². The molecule has 0 aliphatic rings. The van der Waals surface area contributed by atoms with Gasteiger partial charge in [-0.05, 0) is 42.2 Å². The highest BCUT2D eigenvalue weighted by molar-refractivity contribution is 6.32. The number of hydrogen-bond acceptors (Lipinski definition) is 2. The van der Waals surface area contributed by atoms with Crippen LogP contribution >= 0.6 is 11.6 Å². The van der Waals surface area contributed by atoms with Crippen LogP contribution in [0, 0.1) is 0 Å². The minimum Gasteiger partial charge on any atom is -0.492 e. The average molecular weight is 304 g/mol. The van der Waals surface area contributed by atoms with Gasteiger partial charge in [0.2, 0.25) is 0 Å². The molecule has 0 bridgehead atoms. The molecular formula is C18H22ClNO. The van der Waals surface area contributed by atoms with Crippen LogP contribution in [0.5, 0.6) is 5.75 Å². The minimum absolute atomic E-state index is 0.650. The molecule has 2 aromatic rings. The second kappa shape index (κ2) is 7.94. The third kappa shape index (κ3) is 4.40. The van der Waals surface area contributed by atoms with E-state index < -0.39 is 0 Å². The fourth-order valence-electron chi connectivity index (χ4n) is 2.21. The van der Waals surface area contributed by atoms with Crippen molar-refractivity contribution in [3.63, 3.8) is 0 Å². The van der Waals surface area contributed by atoms with Gasteiger partial charge in [-0.15, -0.1) is 0 Å². The molecule has 0 amide bonds. The highest BCUT2D eigenvalue weighted by Crippen LogP contribution is 2.28. The van der Waals surface area contributed by atoms with E-state index in [1.54, 1.807) is 0 Å². The van der Waals surface area contributed by atoms with Crippen LogP contribution in [0.25, 0.3) is 0 Å². The van der Waals surface area contributed by atoms with Crippen molar-refractivity contribution in [2.24, 2.45) is 0 Å². The van der Waals surface area contributed by atoms with Gasteiger partial charge in [0.15, 0.2) is 0 Å². The standard InChI is InChI=1S/C18H22ClNO/c1-3-11-21-18-10-9-16(12-17(18)19)20-13-15-8-6-5-7-14(15)4-2/h5-10,12,20H,3-4,11,13H2,1-2H3. The summed E-state index contributed by atoms with van der Waals surface area (Å²) in [5.41, 5.74) is 3.70. The lowest BCUT2D eigenvalue weighted by Crippen LogP contribution is -2.03. The Kier molecular flexibility index (Phi) is 5.94. The number of rotatable bonds is 7. The quantitative estimate of drug-likeness (QED) is 0.749. The molecule has 2 rings (SSSR count). The van der Waals surface area contributed by atoms with E-state index in [-0.39, 0.29) is 0 Å². The molecule has 21 heavy (non-hydrogen) atoms. The fourth-order valence-corrected chi connectivity index (χ4v) is 2.45. The number of aryl methyl sites for hydroxylation is 1. The zero-order chi connectivity index (χ0) is 15.1. The molecule has 0 unspecified atom stereocenters. The van der Waals surface area contributed by atoms with Crippen molar-refractivity contribution >= 4 is 17.3 Å². The van der Waals surface area contributed by atoms with Crippen LogP contribution in [0.15, 0.2) is 42.5 Å². The summed E-state index contributed by atoms with van der Waals surface area (Å²) in [6.45, 7) is 5.75. The Balaban J connectivity index is 2.02. The van der Waals surface area contributed by atoms with Crippen LogP contribution in [0.2, 0.25) is 5.02 Å². The topological polar surface area (TPSA) is 21.3 Å². The fraction of sp³-hybridized carbons (Fsp3) is 0.333. The molecule has 0 heterocycles. The van der Waals surface area contributed by atoms with E-state index in [2.05, 4.69) is 43.4 Å². The lowest BCUT2D eigenvalue weighted by atomic mass is 10.1. The summed E-state index contributed by atoms with van der Waals surface area (Å²) in [7, 11) is 0. The van der Waals surface area contributed by atoms with E-state index in [9.17, 15) is 0 Å². The number of ether oxygens (including phenoxy) is 1. The zero-order valence-corrected chi connectivity index (χ0v) is 13.4. The molecule has 0 spiro atoms. The minimum atomic E-state index is 0.650. The van der Waals surface area contributed by atoms with Crippen molar-refractivity contribution in [1.29, 1.82) is 0 Å².